The Hall–Kier alpha value is -2.39. The number of hydrogen-bond acceptors (Lipinski definition) is 6. The molecule has 3 heterocycles. The molecule has 0 unspecified atom stereocenters. The van der Waals surface area contributed by atoms with E-state index < -0.39 is 11.7 Å². The van der Waals surface area contributed by atoms with Crippen LogP contribution in [0.25, 0.3) is 0 Å². The molecule has 0 spiro atoms. The Labute approximate surface area is 166 Å². The van der Waals surface area contributed by atoms with Crippen molar-refractivity contribution in [3.05, 3.63) is 41.1 Å². The van der Waals surface area contributed by atoms with Crippen molar-refractivity contribution in [3.8, 4) is 0 Å². The van der Waals surface area contributed by atoms with E-state index in [2.05, 4.69) is 31.6 Å². The van der Waals surface area contributed by atoms with Crippen LogP contribution in [0.15, 0.2) is 24.4 Å². The number of benzene rings is 1. The molecular formula is C20H22F3N5O. The lowest BCUT2D eigenvalue weighted by atomic mass is 9.97. The number of rotatable bonds is 5. The first-order valence-corrected chi connectivity index (χ1v) is 9.87. The highest BCUT2D eigenvalue weighted by Crippen LogP contribution is 2.36. The first kappa shape index (κ1) is 18.6. The Kier molecular flexibility index (Phi) is 4.59. The van der Waals surface area contributed by atoms with Crippen molar-refractivity contribution in [2.75, 3.05) is 30.4 Å². The Morgan fingerprint density at radius 3 is 2.66 bits per heavy atom. The second kappa shape index (κ2) is 7.14. The van der Waals surface area contributed by atoms with Gasteiger partial charge in [-0.05, 0) is 42.5 Å². The van der Waals surface area contributed by atoms with Gasteiger partial charge in [-0.2, -0.15) is 18.2 Å². The van der Waals surface area contributed by atoms with E-state index in [0.717, 1.165) is 57.4 Å². The van der Waals surface area contributed by atoms with E-state index in [0.29, 0.717) is 6.04 Å². The zero-order chi connectivity index (χ0) is 20.0. The lowest BCUT2D eigenvalue weighted by Gasteiger charge is -2.40. The van der Waals surface area contributed by atoms with Gasteiger partial charge in [0.15, 0.2) is 0 Å². The first-order chi connectivity index (χ1) is 14.0. The van der Waals surface area contributed by atoms with Gasteiger partial charge in [0.2, 0.25) is 5.95 Å². The number of anilines is 3. The zero-order valence-corrected chi connectivity index (χ0v) is 15.8. The van der Waals surface area contributed by atoms with Crippen LogP contribution in [-0.4, -0.2) is 46.7 Å². The molecule has 2 aliphatic heterocycles. The van der Waals surface area contributed by atoms with Crippen LogP contribution in [-0.2, 0) is 23.9 Å². The fourth-order valence-corrected chi connectivity index (χ4v) is 3.71. The van der Waals surface area contributed by atoms with Crippen molar-refractivity contribution in [2.45, 2.75) is 44.1 Å². The summed E-state index contributed by atoms with van der Waals surface area (Å²) in [6, 6.07) is 6.57. The monoisotopic (exact) mass is 405 g/mol. The van der Waals surface area contributed by atoms with Crippen LogP contribution >= 0.6 is 0 Å². The number of hydrogen-bond donors (Lipinski definition) is 2. The molecule has 2 fully saturated rings. The minimum atomic E-state index is -4.49. The van der Waals surface area contributed by atoms with E-state index >= 15 is 0 Å². The minimum absolute atomic E-state index is 0.0593. The quantitative estimate of drug-likeness (QED) is 0.793. The van der Waals surface area contributed by atoms with Crippen LogP contribution < -0.4 is 10.6 Å². The maximum atomic E-state index is 13.2. The predicted molar refractivity (Wildman–Crippen MR) is 102 cm³/mol. The molecule has 9 heteroatoms. The first-order valence-electron chi connectivity index (χ1n) is 9.87. The maximum Gasteiger partial charge on any atom is 0.421 e. The van der Waals surface area contributed by atoms with Crippen molar-refractivity contribution in [1.29, 1.82) is 0 Å². The third kappa shape index (κ3) is 4.02. The second-order valence-electron chi connectivity index (χ2n) is 7.89. The van der Waals surface area contributed by atoms with E-state index in [-0.39, 0.29) is 17.8 Å². The van der Waals surface area contributed by atoms with E-state index in [1.54, 1.807) is 0 Å². The van der Waals surface area contributed by atoms with Gasteiger partial charge in [0.05, 0.1) is 19.3 Å². The molecule has 0 bridgehead atoms. The highest BCUT2D eigenvalue weighted by molar-refractivity contribution is 5.59. The van der Waals surface area contributed by atoms with E-state index in [4.69, 9.17) is 4.74 Å². The Bertz CT molecular complexity index is 911. The number of aromatic nitrogens is 2. The molecule has 1 aromatic heterocycles. The summed E-state index contributed by atoms with van der Waals surface area (Å²) in [5.41, 5.74) is 2.46. The fraction of sp³-hybridized carbons (Fsp3) is 0.500. The Morgan fingerprint density at radius 2 is 1.97 bits per heavy atom. The lowest BCUT2D eigenvalue weighted by molar-refractivity contribution is -0.137. The van der Waals surface area contributed by atoms with Crippen molar-refractivity contribution >= 4 is 17.5 Å². The van der Waals surface area contributed by atoms with Gasteiger partial charge >= 0.3 is 6.18 Å². The predicted octanol–water partition coefficient (Wildman–Crippen LogP) is 3.57. The molecule has 3 aliphatic rings. The number of fused-ring (bicyclic) bond motifs is 1. The fourth-order valence-electron chi connectivity index (χ4n) is 3.71. The lowest BCUT2D eigenvalue weighted by Crippen LogP contribution is -2.50. The molecule has 29 heavy (non-hydrogen) atoms. The van der Waals surface area contributed by atoms with Crippen molar-refractivity contribution in [2.24, 2.45) is 0 Å². The number of alkyl halides is 3. The summed E-state index contributed by atoms with van der Waals surface area (Å²) in [6.45, 7) is 3.43. The summed E-state index contributed by atoms with van der Waals surface area (Å²) in [5.74, 6) is -0.00669. The summed E-state index contributed by atoms with van der Waals surface area (Å²) < 4.78 is 45.0. The molecule has 1 aliphatic carbocycles. The molecule has 6 nitrogen and oxygen atoms in total. The summed E-state index contributed by atoms with van der Waals surface area (Å²) in [6.07, 6.45) is -0.944. The van der Waals surface area contributed by atoms with E-state index in [9.17, 15) is 13.2 Å². The van der Waals surface area contributed by atoms with Crippen LogP contribution in [0.4, 0.5) is 30.6 Å². The van der Waals surface area contributed by atoms with Gasteiger partial charge in [-0.25, -0.2) is 4.98 Å². The average molecular weight is 405 g/mol. The average Bonchev–Trinajstić information content (AvgIpc) is 3.43. The second-order valence-corrected chi connectivity index (χ2v) is 7.89. The van der Waals surface area contributed by atoms with E-state index in [1.807, 2.05) is 12.1 Å². The van der Waals surface area contributed by atoms with Gasteiger partial charge in [0.1, 0.15) is 11.4 Å². The SMILES string of the molecule is FC(F)(F)c1cnc(Nc2ccc3c(c2)CN(C2COC2)CC3)nc1NC1CC1. The minimum Gasteiger partial charge on any atom is -0.378 e. The zero-order valence-electron chi connectivity index (χ0n) is 15.8. The summed E-state index contributed by atoms with van der Waals surface area (Å²) in [7, 11) is 0. The van der Waals surface area contributed by atoms with Crippen LogP contribution in [0, 0.1) is 0 Å². The molecule has 1 saturated carbocycles. The topological polar surface area (TPSA) is 62.3 Å². The molecule has 5 rings (SSSR count). The van der Waals surface area contributed by atoms with Crippen molar-refractivity contribution < 1.29 is 17.9 Å². The molecule has 1 saturated heterocycles. The number of nitrogens with zero attached hydrogens (tertiary/aromatic N) is 3. The van der Waals surface area contributed by atoms with Crippen LogP contribution in [0.3, 0.4) is 0 Å². The number of nitrogens with one attached hydrogen (secondary N) is 2. The van der Waals surface area contributed by atoms with Gasteiger partial charge in [0.25, 0.3) is 0 Å². The smallest absolute Gasteiger partial charge is 0.378 e. The Balaban J connectivity index is 1.36. The maximum absolute atomic E-state index is 13.2. The Morgan fingerprint density at radius 1 is 1.14 bits per heavy atom. The molecule has 0 amide bonds. The van der Waals surface area contributed by atoms with Gasteiger partial charge in [-0.1, -0.05) is 6.07 Å². The van der Waals surface area contributed by atoms with Crippen LogP contribution in [0.2, 0.25) is 0 Å². The molecule has 0 radical (unpaired) electrons. The molecule has 2 N–H and O–H groups in total. The van der Waals surface area contributed by atoms with Crippen molar-refractivity contribution in [3.63, 3.8) is 0 Å². The van der Waals surface area contributed by atoms with Gasteiger partial charge in [-0.3, -0.25) is 4.90 Å². The molecule has 2 aromatic rings. The normalized spacial score (nSPS) is 20.1. The number of ether oxygens (including phenoxy) is 1. The van der Waals surface area contributed by atoms with Crippen LogP contribution in [0.5, 0.6) is 0 Å². The standard InChI is InChI=1S/C20H22F3N5O/c21-20(22,23)17-8-24-19(27-18(17)25-14-3-4-14)26-15-2-1-12-5-6-28(9-13(12)7-15)16-10-29-11-16/h1-2,7-8,14,16H,3-6,9-11H2,(H2,24,25,26,27). The molecule has 154 valence electrons. The summed E-state index contributed by atoms with van der Waals surface area (Å²) in [5, 5.41) is 5.93. The highest BCUT2D eigenvalue weighted by atomic mass is 19.4. The van der Waals surface area contributed by atoms with E-state index in [1.165, 1.54) is 11.1 Å². The third-order valence-electron chi connectivity index (χ3n) is 5.65. The van der Waals surface area contributed by atoms with Crippen molar-refractivity contribution in [1.82, 2.24) is 14.9 Å². The van der Waals surface area contributed by atoms with Gasteiger partial charge in [-0.15, -0.1) is 0 Å². The molecule has 0 atom stereocenters. The number of halogens is 3. The summed E-state index contributed by atoms with van der Waals surface area (Å²) >= 11 is 0. The summed E-state index contributed by atoms with van der Waals surface area (Å²) in [4.78, 5) is 10.4. The van der Waals surface area contributed by atoms with Crippen LogP contribution in [0.1, 0.15) is 29.5 Å². The van der Waals surface area contributed by atoms with Gasteiger partial charge < -0.3 is 15.4 Å². The van der Waals surface area contributed by atoms with Gasteiger partial charge in [0, 0.05) is 31.0 Å². The largest absolute Gasteiger partial charge is 0.421 e. The highest BCUT2D eigenvalue weighted by Gasteiger charge is 2.37. The molecular weight excluding hydrogens is 383 g/mol. The third-order valence-corrected chi connectivity index (χ3v) is 5.65. The molecule has 1 aromatic carbocycles.